The normalized spacial score (nSPS) is 21.5. The van der Waals surface area contributed by atoms with E-state index in [9.17, 15) is 18.4 Å². The van der Waals surface area contributed by atoms with Gasteiger partial charge in [0.25, 0.3) is 11.5 Å². The number of aromatic amines is 1. The molecule has 1 aliphatic heterocycles. The Labute approximate surface area is 209 Å². The predicted molar refractivity (Wildman–Crippen MR) is 137 cm³/mol. The van der Waals surface area contributed by atoms with Gasteiger partial charge in [0.15, 0.2) is 0 Å². The molecule has 1 N–H and O–H groups in total. The molecule has 2 fully saturated rings. The molecule has 1 atom stereocenters. The first-order chi connectivity index (χ1) is 17.2. The van der Waals surface area contributed by atoms with Crippen LogP contribution in [0.5, 0.6) is 0 Å². The van der Waals surface area contributed by atoms with E-state index in [1.54, 1.807) is 10.9 Å². The van der Waals surface area contributed by atoms with Gasteiger partial charge in [0.2, 0.25) is 5.92 Å². The summed E-state index contributed by atoms with van der Waals surface area (Å²) in [4.78, 5) is 33.7. The molecule has 2 aliphatic rings. The average molecular weight is 500 g/mol. The first-order valence-electron chi connectivity index (χ1n) is 13.1. The van der Waals surface area contributed by atoms with Crippen molar-refractivity contribution in [3.63, 3.8) is 0 Å². The van der Waals surface area contributed by atoms with Crippen molar-refractivity contribution < 1.29 is 13.6 Å². The zero-order valence-electron chi connectivity index (χ0n) is 21.3. The quantitative estimate of drug-likeness (QED) is 0.558. The number of halogens is 2. The number of hydrogen-bond acceptors (Lipinski definition) is 4. The summed E-state index contributed by atoms with van der Waals surface area (Å²) in [6.07, 6.45) is 3.27. The van der Waals surface area contributed by atoms with E-state index in [-0.39, 0.29) is 30.2 Å². The van der Waals surface area contributed by atoms with Crippen LogP contribution in [0.1, 0.15) is 61.9 Å². The lowest BCUT2D eigenvalue weighted by Gasteiger charge is -2.40. The molecule has 3 heterocycles. The molecule has 3 aromatic rings. The number of piperazine rings is 1. The van der Waals surface area contributed by atoms with E-state index in [4.69, 9.17) is 0 Å². The summed E-state index contributed by atoms with van der Waals surface area (Å²) >= 11 is 0. The van der Waals surface area contributed by atoms with E-state index in [0.29, 0.717) is 60.5 Å². The molecule has 0 radical (unpaired) electrons. The second kappa shape index (κ2) is 9.57. The van der Waals surface area contributed by atoms with Crippen LogP contribution in [0.25, 0.3) is 21.8 Å². The lowest BCUT2D eigenvalue weighted by atomic mass is 9.87. The molecule has 5 rings (SSSR count). The molecule has 0 bridgehead atoms. The van der Waals surface area contributed by atoms with Crippen molar-refractivity contribution in [3.8, 4) is 0 Å². The molecule has 0 unspecified atom stereocenters. The number of amides is 1. The lowest BCUT2D eigenvalue weighted by Crippen LogP contribution is -2.53. The van der Waals surface area contributed by atoms with Crippen molar-refractivity contribution in [1.29, 1.82) is 0 Å². The number of nitrogens with zero attached hydrogens (tertiary/aromatic N) is 4. The van der Waals surface area contributed by atoms with Crippen LogP contribution >= 0.6 is 0 Å². The van der Waals surface area contributed by atoms with Gasteiger partial charge in [-0.1, -0.05) is 6.92 Å². The fourth-order valence-electron chi connectivity index (χ4n) is 5.90. The Bertz CT molecular complexity index is 1340. The minimum Gasteiger partial charge on any atom is -0.336 e. The van der Waals surface area contributed by atoms with Gasteiger partial charge < -0.3 is 9.88 Å². The van der Waals surface area contributed by atoms with Crippen LogP contribution in [0.15, 0.2) is 23.1 Å². The van der Waals surface area contributed by atoms with Gasteiger partial charge in [-0.3, -0.25) is 19.2 Å². The molecule has 7 nitrogen and oxygen atoms in total. The number of carbonyl (C=O) groups is 1. The molecular weight excluding hydrogens is 464 g/mol. The highest BCUT2D eigenvalue weighted by Crippen LogP contribution is 2.37. The zero-order chi connectivity index (χ0) is 25.6. The molecule has 0 spiro atoms. The van der Waals surface area contributed by atoms with E-state index in [0.717, 1.165) is 30.5 Å². The maximum absolute atomic E-state index is 13.7. The molecule has 9 heteroatoms. The molecular formula is C27H35F2N5O2. The van der Waals surface area contributed by atoms with Crippen molar-refractivity contribution in [2.45, 2.75) is 71.4 Å². The van der Waals surface area contributed by atoms with Crippen LogP contribution in [-0.2, 0) is 6.54 Å². The van der Waals surface area contributed by atoms with Crippen LogP contribution in [0.3, 0.4) is 0 Å². The van der Waals surface area contributed by atoms with E-state index in [1.165, 1.54) is 0 Å². The van der Waals surface area contributed by atoms with Crippen molar-refractivity contribution in [2.24, 2.45) is 5.92 Å². The highest BCUT2D eigenvalue weighted by Gasteiger charge is 2.35. The van der Waals surface area contributed by atoms with Crippen molar-refractivity contribution in [3.05, 3.63) is 39.8 Å². The summed E-state index contributed by atoms with van der Waals surface area (Å²) in [5.41, 5.74) is 2.52. The maximum atomic E-state index is 13.7. The third-order valence-electron chi connectivity index (χ3n) is 8.01. The van der Waals surface area contributed by atoms with Gasteiger partial charge in [-0.2, -0.15) is 5.10 Å². The predicted octanol–water partition coefficient (Wildman–Crippen LogP) is 4.57. The molecule has 36 heavy (non-hydrogen) atoms. The minimum absolute atomic E-state index is 0.00248. The molecule has 2 aromatic heterocycles. The Morgan fingerprint density at radius 3 is 2.64 bits per heavy atom. The summed E-state index contributed by atoms with van der Waals surface area (Å²) < 4.78 is 29.1. The van der Waals surface area contributed by atoms with Crippen LogP contribution in [0, 0.1) is 12.8 Å². The number of nitrogens with one attached hydrogen (secondary N) is 1. The van der Waals surface area contributed by atoms with Gasteiger partial charge in [0, 0.05) is 56.0 Å². The van der Waals surface area contributed by atoms with Gasteiger partial charge in [-0.25, -0.2) is 8.78 Å². The van der Waals surface area contributed by atoms with Gasteiger partial charge >= 0.3 is 0 Å². The van der Waals surface area contributed by atoms with Crippen LogP contribution in [0.2, 0.25) is 0 Å². The summed E-state index contributed by atoms with van der Waals surface area (Å²) in [5, 5.41) is 5.68. The van der Waals surface area contributed by atoms with Crippen LogP contribution < -0.4 is 5.56 Å². The van der Waals surface area contributed by atoms with Crippen LogP contribution in [0.4, 0.5) is 8.78 Å². The Kier molecular flexibility index (Phi) is 6.61. The van der Waals surface area contributed by atoms with Crippen molar-refractivity contribution in [2.75, 3.05) is 26.2 Å². The number of benzene rings is 1. The highest BCUT2D eigenvalue weighted by molar-refractivity contribution is 6.07. The smallest absolute Gasteiger partial charge is 0.259 e. The van der Waals surface area contributed by atoms with E-state index in [1.807, 2.05) is 24.0 Å². The van der Waals surface area contributed by atoms with Crippen molar-refractivity contribution in [1.82, 2.24) is 24.6 Å². The summed E-state index contributed by atoms with van der Waals surface area (Å²) in [7, 11) is 0. The second-order valence-electron chi connectivity index (χ2n) is 10.7. The zero-order valence-corrected chi connectivity index (χ0v) is 21.3. The van der Waals surface area contributed by atoms with Gasteiger partial charge in [-0.15, -0.1) is 0 Å². The fourth-order valence-corrected chi connectivity index (χ4v) is 5.90. The molecule has 1 saturated heterocycles. The fraction of sp³-hybridized carbons (Fsp3) is 0.593. The van der Waals surface area contributed by atoms with Crippen LogP contribution in [-0.4, -0.2) is 68.6 Å². The topological polar surface area (TPSA) is 74.2 Å². The molecule has 194 valence electrons. The summed E-state index contributed by atoms with van der Waals surface area (Å²) in [5.74, 6) is -2.51. The third-order valence-corrected chi connectivity index (χ3v) is 8.01. The second-order valence-corrected chi connectivity index (χ2v) is 10.7. The molecule has 1 aromatic carbocycles. The Morgan fingerprint density at radius 1 is 1.19 bits per heavy atom. The van der Waals surface area contributed by atoms with E-state index in [2.05, 4.69) is 28.8 Å². The number of H-pyrrole nitrogens is 1. The number of aryl methyl sites for hydroxylation is 1. The standard InChI is InChI=1S/C27H35F2N5O2/c1-4-9-32-10-11-33(15-18(32)3)26(36)20-13-21-23(12-17(20)2)31-25(35)22-14-30-34(24(21)22)16-19-5-7-27(28,29)8-6-19/h12-14,18-19H,4-11,15-16H2,1-3H3,(H,31,35)/t18-/m0/s1. The van der Waals surface area contributed by atoms with E-state index < -0.39 is 5.92 Å². The number of carbonyl (C=O) groups excluding carboxylic acids is 1. The first-order valence-corrected chi connectivity index (χ1v) is 13.1. The van der Waals surface area contributed by atoms with Gasteiger partial charge in [0.1, 0.15) is 0 Å². The van der Waals surface area contributed by atoms with Gasteiger partial charge in [-0.05, 0) is 63.3 Å². The maximum Gasteiger partial charge on any atom is 0.259 e. The summed E-state index contributed by atoms with van der Waals surface area (Å²) in [6.45, 7) is 9.97. The summed E-state index contributed by atoms with van der Waals surface area (Å²) in [6, 6.07) is 4.04. The number of pyridine rings is 1. The number of hydrogen-bond donors (Lipinski definition) is 1. The third kappa shape index (κ3) is 4.65. The Hall–Kier alpha value is -2.81. The van der Waals surface area contributed by atoms with Gasteiger partial charge in [0.05, 0.1) is 22.6 Å². The average Bonchev–Trinajstić information content (AvgIpc) is 3.25. The lowest BCUT2D eigenvalue weighted by molar-refractivity contribution is -0.0475. The Morgan fingerprint density at radius 2 is 1.94 bits per heavy atom. The Balaban J connectivity index is 1.49. The monoisotopic (exact) mass is 499 g/mol. The SMILES string of the molecule is CCCN1CCN(C(=O)c2cc3c(cc2C)[nH]c(=O)c2cnn(CC4CCC(F)(F)CC4)c23)C[C@@H]1C. The number of alkyl halides is 2. The number of rotatable bonds is 5. The highest BCUT2D eigenvalue weighted by atomic mass is 19.3. The molecule has 1 aliphatic carbocycles. The molecule has 1 saturated carbocycles. The van der Waals surface area contributed by atoms with Crippen molar-refractivity contribution >= 4 is 27.7 Å². The molecule has 1 amide bonds. The minimum atomic E-state index is -2.58. The van der Waals surface area contributed by atoms with E-state index >= 15 is 0 Å². The largest absolute Gasteiger partial charge is 0.336 e. The number of fused-ring (bicyclic) bond motifs is 3. The number of aromatic nitrogens is 3. The first kappa shape index (κ1) is 24.9.